The third-order valence-electron chi connectivity index (χ3n) is 1.03. The molecule has 0 saturated heterocycles. The Morgan fingerprint density at radius 1 is 0.867 bits per heavy atom. The fourth-order valence-electron chi connectivity index (χ4n) is 0.262. The van der Waals surface area contributed by atoms with E-state index in [1.807, 2.05) is 0 Å². The third-order valence-corrected chi connectivity index (χ3v) is 1.03. The molecule has 0 atom stereocenters. The molecule has 15 heavy (non-hydrogen) atoms. The molecule has 6 heteroatoms. The first-order chi connectivity index (χ1) is 6.47. The summed E-state index contributed by atoms with van der Waals surface area (Å²) in [6.45, 7) is 1.36. The van der Waals surface area contributed by atoms with E-state index in [0.717, 1.165) is 0 Å². The van der Waals surface area contributed by atoms with Gasteiger partial charge in [0.05, 0.1) is 21.3 Å². The van der Waals surface area contributed by atoms with Crippen molar-refractivity contribution in [2.75, 3.05) is 21.3 Å². The van der Waals surface area contributed by atoms with Crippen molar-refractivity contribution in [1.29, 1.82) is 0 Å². The van der Waals surface area contributed by atoms with E-state index in [-0.39, 0.29) is 19.8 Å². The maximum absolute atomic E-state index is 10.3. The minimum atomic E-state index is -0.582. The van der Waals surface area contributed by atoms with Crippen LogP contribution in [0.5, 0.6) is 0 Å². The molecule has 0 aliphatic heterocycles. The topological polar surface area (TPSA) is 78.9 Å². The van der Waals surface area contributed by atoms with Crippen LogP contribution in [0.25, 0.3) is 0 Å². The molecule has 0 N–H and O–H groups in total. The highest BCUT2D eigenvalue weighted by Gasteiger charge is 2.07. The molecule has 0 aromatic heterocycles. The summed E-state index contributed by atoms with van der Waals surface area (Å²) < 4.78 is 12.5. The number of ether oxygens (including phenoxy) is 3. The van der Waals surface area contributed by atoms with Gasteiger partial charge in [0.25, 0.3) is 0 Å². The van der Waals surface area contributed by atoms with E-state index in [2.05, 4.69) is 14.2 Å². The van der Waals surface area contributed by atoms with Gasteiger partial charge in [0.1, 0.15) is 6.42 Å². The lowest BCUT2D eigenvalue weighted by Crippen LogP contribution is -2.09. The minimum Gasteiger partial charge on any atom is -0.469 e. The van der Waals surface area contributed by atoms with Gasteiger partial charge in [-0.3, -0.25) is 14.4 Å². The Morgan fingerprint density at radius 2 is 1.13 bits per heavy atom. The average Bonchev–Trinajstić information content (AvgIpc) is 2.18. The molecule has 0 amide bonds. The standard InChI is InChI=1S/C5H8O4.C3H6O2.CH4/c1-8-4(6)3-5(7)9-2;1-3(4)5-2;/h3H2,1-2H3;1-2H3;1H4. The Balaban J connectivity index is -0.000000208. The highest BCUT2D eigenvalue weighted by Crippen LogP contribution is 1.85. The minimum absolute atomic E-state index is 0. The van der Waals surface area contributed by atoms with E-state index in [0.29, 0.717) is 0 Å². The van der Waals surface area contributed by atoms with Gasteiger partial charge in [-0.1, -0.05) is 7.43 Å². The van der Waals surface area contributed by atoms with Crippen LogP contribution in [-0.4, -0.2) is 39.2 Å². The van der Waals surface area contributed by atoms with Gasteiger partial charge >= 0.3 is 17.9 Å². The number of hydrogen-bond donors (Lipinski definition) is 0. The second-order valence-corrected chi connectivity index (χ2v) is 2.02. The molecule has 0 radical (unpaired) electrons. The van der Waals surface area contributed by atoms with Gasteiger partial charge in [-0.2, -0.15) is 0 Å². The van der Waals surface area contributed by atoms with Crippen LogP contribution in [0.3, 0.4) is 0 Å². The molecule has 0 aliphatic carbocycles. The Bertz CT molecular complexity index is 185. The molecule has 0 bridgehead atoms. The fraction of sp³-hybridized carbons (Fsp3) is 0.667. The van der Waals surface area contributed by atoms with Crippen molar-refractivity contribution >= 4 is 17.9 Å². The van der Waals surface area contributed by atoms with E-state index in [1.165, 1.54) is 28.3 Å². The van der Waals surface area contributed by atoms with E-state index in [9.17, 15) is 14.4 Å². The zero-order valence-electron chi connectivity index (χ0n) is 8.66. The van der Waals surface area contributed by atoms with Gasteiger partial charge in [-0.25, -0.2) is 0 Å². The zero-order chi connectivity index (χ0) is 11.6. The van der Waals surface area contributed by atoms with Gasteiger partial charge in [-0.05, 0) is 0 Å². The van der Waals surface area contributed by atoms with E-state index < -0.39 is 11.9 Å². The van der Waals surface area contributed by atoms with Crippen LogP contribution in [0, 0.1) is 0 Å². The van der Waals surface area contributed by atoms with Crippen LogP contribution in [0.2, 0.25) is 0 Å². The monoisotopic (exact) mass is 222 g/mol. The van der Waals surface area contributed by atoms with Crippen LogP contribution in [-0.2, 0) is 28.6 Å². The molecule has 0 aliphatic rings. The van der Waals surface area contributed by atoms with Crippen LogP contribution in [0.15, 0.2) is 0 Å². The number of hydrogen-bond acceptors (Lipinski definition) is 6. The molecular formula is C9H18O6. The highest BCUT2D eigenvalue weighted by molar-refractivity contribution is 5.90. The van der Waals surface area contributed by atoms with E-state index in [4.69, 9.17) is 0 Å². The highest BCUT2D eigenvalue weighted by atomic mass is 16.5. The first-order valence-electron chi connectivity index (χ1n) is 3.66. The number of rotatable bonds is 2. The predicted molar refractivity (Wildman–Crippen MR) is 53.1 cm³/mol. The molecule has 0 aromatic carbocycles. The molecular weight excluding hydrogens is 204 g/mol. The molecule has 6 nitrogen and oxygen atoms in total. The van der Waals surface area contributed by atoms with Crippen molar-refractivity contribution in [2.45, 2.75) is 20.8 Å². The average molecular weight is 222 g/mol. The summed E-state index contributed by atoms with van der Waals surface area (Å²) in [5, 5.41) is 0. The molecule has 0 heterocycles. The summed E-state index contributed by atoms with van der Waals surface area (Å²) in [4.78, 5) is 30.1. The Hall–Kier alpha value is -1.59. The second-order valence-electron chi connectivity index (χ2n) is 2.02. The molecule has 0 unspecified atom stereocenters. The Kier molecular flexibility index (Phi) is 15.8. The summed E-state index contributed by atoms with van der Waals surface area (Å²) in [6, 6.07) is 0. The number of esters is 3. The summed E-state index contributed by atoms with van der Waals surface area (Å²) in [6.07, 6.45) is -0.312. The Labute approximate surface area is 89.5 Å². The lowest BCUT2D eigenvalue weighted by Gasteiger charge is -1.95. The summed E-state index contributed by atoms with van der Waals surface area (Å²) in [5.41, 5.74) is 0. The zero-order valence-corrected chi connectivity index (χ0v) is 8.66. The van der Waals surface area contributed by atoms with E-state index in [1.54, 1.807) is 0 Å². The lowest BCUT2D eigenvalue weighted by molar-refractivity contribution is -0.151. The maximum atomic E-state index is 10.3. The van der Waals surface area contributed by atoms with Gasteiger partial charge < -0.3 is 14.2 Å². The van der Waals surface area contributed by atoms with Gasteiger partial charge in [0, 0.05) is 6.92 Å². The molecule has 0 aromatic rings. The molecule has 0 fully saturated rings. The SMILES string of the molecule is C.COC(=O)CC(=O)OC.COC(C)=O. The lowest BCUT2D eigenvalue weighted by atomic mass is 10.4. The Morgan fingerprint density at radius 3 is 1.27 bits per heavy atom. The van der Waals surface area contributed by atoms with Gasteiger partial charge in [0.15, 0.2) is 0 Å². The number of methoxy groups -OCH3 is 3. The van der Waals surface area contributed by atoms with Gasteiger partial charge in [0.2, 0.25) is 0 Å². The second kappa shape index (κ2) is 12.4. The normalized spacial score (nSPS) is 7.20. The van der Waals surface area contributed by atoms with E-state index >= 15 is 0 Å². The van der Waals surface area contributed by atoms with Crippen molar-refractivity contribution in [3.63, 3.8) is 0 Å². The van der Waals surface area contributed by atoms with Gasteiger partial charge in [-0.15, -0.1) is 0 Å². The number of carbonyl (C=O) groups is 3. The quantitative estimate of drug-likeness (QED) is 0.385. The number of carbonyl (C=O) groups excluding carboxylic acids is 3. The molecule has 0 saturated carbocycles. The third kappa shape index (κ3) is 19.0. The van der Waals surface area contributed by atoms with Crippen LogP contribution in [0.4, 0.5) is 0 Å². The molecule has 0 spiro atoms. The van der Waals surface area contributed by atoms with Crippen LogP contribution < -0.4 is 0 Å². The molecule has 0 rings (SSSR count). The first-order valence-corrected chi connectivity index (χ1v) is 3.66. The van der Waals surface area contributed by atoms with Crippen molar-refractivity contribution in [2.24, 2.45) is 0 Å². The summed E-state index contributed by atoms with van der Waals surface area (Å²) in [5.74, 6) is -1.41. The smallest absolute Gasteiger partial charge is 0.316 e. The van der Waals surface area contributed by atoms with Crippen molar-refractivity contribution in [3.05, 3.63) is 0 Å². The first kappa shape index (κ1) is 19.1. The van der Waals surface area contributed by atoms with Crippen LogP contribution in [0.1, 0.15) is 20.8 Å². The predicted octanol–water partition coefficient (Wildman–Crippen LogP) is 0.538. The maximum Gasteiger partial charge on any atom is 0.316 e. The fourth-order valence-corrected chi connectivity index (χ4v) is 0.262. The summed E-state index contributed by atoms with van der Waals surface area (Å²) in [7, 11) is 3.78. The van der Waals surface area contributed by atoms with Crippen molar-refractivity contribution < 1.29 is 28.6 Å². The van der Waals surface area contributed by atoms with Crippen molar-refractivity contribution in [3.8, 4) is 0 Å². The van der Waals surface area contributed by atoms with Crippen LogP contribution >= 0.6 is 0 Å². The largest absolute Gasteiger partial charge is 0.469 e. The van der Waals surface area contributed by atoms with Crippen molar-refractivity contribution in [1.82, 2.24) is 0 Å². The summed E-state index contributed by atoms with van der Waals surface area (Å²) >= 11 is 0. The molecule has 90 valence electrons.